The van der Waals surface area contributed by atoms with E-state index in [4.69, 9.17) is 20.2 Å². The zero-order chi connectivity index (χ0) is 19.0. The summed E-state index contributed by atoms with van der Waals surface area (Å²) in [6, 6.07) is 1.61. The highest BCUT2D eigenvalue weighted by Gasteiger charge is 2.38. The second-order valence-electron chi connectivity index (χ2n) is 4.66. The summed E-state index contributed by atoms with van der Waals surface area (Å²) in [6.45, 7) is 2.32. The van der Waals surface area contributed by atoms with E-state index in [-0.39, 0.29) is 5.91 Å². The topological polar surface area (TPSA) is 131 Å². The van der Waals surface area contributed by atoms with E-state index in [1.807, 2.05) is 5.38 Å². The van der Waals surface area contributed by atoms with Crippen molar-refractivity contribution in [3.8, 4) is 0 Å². The monoisotopic (exact) mass is 380 g/mol. The molecule has 2 rings (SSSR count). The van der Waals surface area contributed by atoms with Gasteiger partial charge in [0.1, 0.15) is 5.76 Å². The number of carbonyl (C=O) groups excluding carboxylic acids is 1. The fourth-order valence-electron chi connectivity index (χ4n) is 1.47. The van der Waals surface area contributed by atoms with Gasteiger partial charge in [-0.25, -0.2) is 9.78 Å². The number of hydrogen-bond acceptors (Lipinski definition) is 7. The van der Waals surface area contributed by atoms with E-state index in [9.17, 15) is 18.0 Å². The van der Waals surface area contributed by atoms with Gasteiger partial charge in [0.2, 0.25) is 0 Å². The Balaban J connectivity index is 0.000000381. The molecule has 2 aromatic rings. The van der Waals surface area contributed by atoms with Gasteiger partial charge in [-0.2, -0.15) is 13.2 Å². The van der Waals surface area contributed by atoms with E-state index in [0.29, 0.717) is 23.1 Å². The van der Waals surface area contributed by atoms with Crippen LogP contribution >= 0.6 is 11.3 Å². The van der Waals surface area contributed by atoms with Crippen LogP contribution in [0.15, 0.2) is 16.0 Å². The molecule has 2 aromatic heterocycles. The molecule has 138 valence electrons. The van der Waals surface area contributed by atoms with Crippen LogP contribution in [0.25, 0.3) is 0 Å². The average molecular weight is 380 g/mol. The van der Waals surface area contributed by atoms with Gasteiger partial charge in [-0.15, -0.1) is 11.3 Å². The van der Waals surface area contributed by atoms with Crippen LogP contribution in [0.3, 0.4) is 0 Å². The first kappa shape index (κ1) is 20.4. The van der Waals surface area contributed by atoms with Gasteiger partial charge in [0.15, 0.2) is 10.8 Å². The second kappa shape index (κ2) is 9.01. The number of nitrogens with two attached hydrogens (primary N) is 1. The predicted molar refractivity (Wildman–Crippen MR) is 82.1 cm³/mol. The number of thiazole rings is 1. The van der Waals surface area contributed by atoms with Crippen molar-refractivity contribution in [2.45, 2.75) is 25.9 Å². The van der Waals surface area contributed by atoms with E-state index >= 15 is 0 Å². The Morgan fingerprint density at radius 1 is 1.44 bits per heavy atom. The highest BCUT2D eigenvalue weighted by Crippen LogP contribution is 2.13. The summed E-state index contributed by atoms with van der Waals surface area (Å²) >= 11 is 1.43. The van der Waals surface area contributed by atoms with E-state index in [0.717, 1.165) is 18.5 Å². The molecule has 0 fully saturated rings. The largest absolute Gasteiger partial charge is 0.490 e. The molecule has 0 radical (unpaired) electrons. The van der Waals surface area contributed by atoms with Crippen LogP contribution in [-0.2, 0) is 11.2 Å². The van der Waals surface area contributed by atoms with Crippen LogP contribution in [0.2, 0.25) is 0 Å². The summed E-state index contributed by atoms with van der Waals surface area (Å²) in [5.41, 5.74) is 6.80. The number of hydrogen-bond donors (Lipinski definition) is 3. The standard InChI is InChI=1S/C11H14N4O2S.C2HF3O2/c1-7-5-9(15-17-7)10(16)13-4-2-3-8-6-18-11(12)14-8;3-2(4,5)1(6)7/h5-6H,2-4H2,1H3,(H2,12,14)(H,13,16);(H,6,7). The Labute approximate surface area is 143 Å². The number of nitrogen functional groups attached to an aromatic ring is 1. The number of aryl methyl sites for hydroxylation is 2. The van der Waals surface area contributed by atoms with Crippen LogP contribution < -0.4 is 11.1 Å². The maximum Gasteiger partial charge on any atom is 0.490 e. The molecular formula is C13H15F3N4O4S. The first-order valence-corrected chi connectivity index (χ1v) is 7.69. The summed E-state index contributed by atoms with van der Waals surface area (Å²) in [5.74, 6) is -2.35. The quantitative estimate of drug-likeness (QED) is 0.676. The Hall–Kier alpha value is -2.63. The molecule has 2 heterocycles. The van der Waals surface area contributed by atoms with Crippen molar-refractivity contribution < 1.29 is 32.4 Å². The minimum atomic E-state index is -5.08. The zero-order valence-electron chi connectivity index (χ0n) is 13.0. The third kappa shape index (κ3) is 7.65. The molecule has 0 saturated carbocycles. The summed E-state index contributed by atoms with van der Waals surface area (Å²) in [4.78, 5) is 24.6. The molecular weight excluding hydrogens is 365 g/mol. The molecule has 0 saturated heterocycles. The lowest BCUT2D eigenvalue weighted by Crippen LogP contribution is -2.25. The van der Waals surface area contributed by atoms with Gasteiger partial charge in [0.25, 0.3) is 5.91 Å². The van der Waals surface area contributed by atoms with Gasteiger partial charge < -0.3 is 20.7 Å². The number of alkyl halides is 3. The molecule has 0 spiro atoms. The Bertz CT molecular complexity index is 714. The second-order valence-corrected chi connectivity index (χ2v) is 5.55. The molecule has 0 unspecified atom stereocenters. The van der Waals surface area contributed by atoms with Crippen molar-refractivity contribution in [3.05, 3.63) is 28.6 Å². The number of aromatic nitrogens is 2. The number of carbonyl (C=O) groups is 2. The van der Waals surface area contributed by atoms with Crippen molar-refractivity contribution in [1.82, 2.24) is 15.5 Å². The van der Waals surface area contributed by atoms with Crippen LogP contribution in [0.4, 0.5) is 18.3 Å². The maximum atomic E-state index is 11.6. The summed E-state index contributed by atoms with van der Waals surface area (Å²) < 4.78 is 36.6. The van der Waals surface area contributed by atoms with E-state index in [2.05, 4.69) is 15.5 Å². The Morgan fingerprint density at radius 2 is 2.08 bits per heavy atom. The molecule has 0 aliphatic rings. The third-order valence-corrected chi connectivity index (χ3v) is 3.29. The van der Waals surface area contributed by atoms with Crippen molar-refractivity contribution in [2.75, 3.05) is 12.3 Å². The number of halogens is 3. The van der Waals surface area contributed by atoms with Gasteiger partial charge in [-0.3, -0.25) is 4.79 Å². The number of rotatable bonds is 5. The van der Waals surface area contributed by atoms with Gasteiger partial charge in [0, 0.05) is 18.0 Å². The van der Waals surface area contributed by atoms with Gasteiger partial charge >= 0.3 is 12.1 Å². The highest BCUT2D eigenvalue weighted by molar-refractivity contribution is 7.13. The third-order valence-electron chi connectivity index (χ3n) is 2.57. The van der Waals surface area contributed by atoms with Crippen molar-refractivity contribution in [2.24, 2.45) is 0 Å². The van der Waals surface area contributed by atoms with Gasteiger partial charge in [-0.1, -0.05) is 5.16 Å². The maximum absolute atomic E-state index is 11.6. The number of nitrogens with zero attached hydrogens (tertiary/aromatic N) is 2. The molecule has 12 heteroatoms. The average Bonchev–Trinajstić information content (AvgIpc) is 3.12. The SMILES string of the molecule is Cc1cc(C(=O)NCCCc2csc(N)n2)no1.O=C(O)C(F)(F)F. The Kier molecular flexibility index (Phi) is 7.36. The van der Waals surface area contributed by atoms with Crippen molar-refractivity contribution in [3.63, 3.8) is 0 Å². The number of nitrogens with one attached hydrogen (secondary N) is 1. The highest BCUT2D eigenvalue weighted by atomic mass is 32.1. The molecule has 0 atom stereocenters. The minimum Gasteiger partial charge on any atom is -0.475 e. The predicted octanol–water partition coefficient (Wildman–Crippen LogP) is 2.02. The first-order chi connectivity index (χ1) is 11.6. The fourth-order valence-corrected chi connectivity index (χ4v) is 2.07. The van der Waals surface area contributed by atoms with Gasteiger partial charge in [0.05, 0.1) is 5.69 Å². The lowest BCUT2D eigenvalue weighted by molar-refractivity contribution is -0.192. The van der Waals surface area contributed by atoms with Crippen LogP contribution in [0, 0.1) is 6.92 Å². The number of aliphatic carboxylic acids is 1. The van der Waals surface area contributed by atoms with Crippen molar-refractivity contribution in [1.29, 1.82) is 0 Å². The summed E-state index contributed by atoms with van der Waals surface area (Å²) in [7, 11) is 0. The Morgan fingerprint density at radius 3 is 2.52 bits per heavy atom. The van der Waals surface area contributed by atoms with Gasteiger partial charge in [-0.05, 0) is 19.8 Å². The molecule has 8 nitrogen and oxygen atoms in total. The fraction of sp³-hybridized carbons (Fsp3) is 0.385. The minimum absolute atomic E-state index is 0.218. The summed E-state index contributed by atoms with van der Waals surface area (Å²) in [5, 5.41) is 16.0. The smallest absolute Gasteiger partial charge is 0.475 e. The first-order valence-electron chi connectivity index (χ1n) is 6.81. The number of amides is 1. The normalized spacial score (nSPS) is 10.7. The van der Waals surface area contributed by atoms with Crippen LogP contribution in [0.1, 0.15) is 28.4 Å². The molecule has 25 heavy (non-hydrogen) atoms. The van der Waals surface area contributed by atoms with Crippen molar-refractivity contribution >= 4 is 28.3 Å². The van der Waals surface area contributed by atoms with Crippen LogP contribution in [0.5, 0.6) is 0 Å². The lowest BCUT2D eigenvalue weighted by Gasteiger charge is -2.01. The molecule has 4 N–H and O–H groups in total. The van der Waals surface area contributed by atoms with E-state index < -0.39 is 12.1 Å². The molecule has 0 aromatic carbocycles. The summed E-state index contributed by atoms with van der Waals surface area (Å²) in [6.07, 6.45) is -3.47. The number of carboxylic acid groups (broad SMARTS) is 1. The molecule has 0 bridgehead atoms. The number of carboxylic acids is 1. The van der Waals surface area contributed by atoms with E-state index in [1.165, 1.54) is 11.3 Å². The molecule has 0 aliphatic heterocycles. The van der Waals surface area contributed by atoms with Crippen LogP contribution in [-0.4, -0.2) is 39.8 Å². The molecule has 0 aliphatic carbocycles. The molecule has 1 amide bonds. The van der Waals surface area contributed by atoms with E-state index in [1.54, 1.807) is 13.0 Å². The lowest BCUT2D eigenvalue weighted by atomic mass is 10.2. The number of anilines is 1. The zero-order valence-corrected chi connectivity index (χ0v) is 13.8.